The number of benzene rings is 2. The van der Waals surface area contributed by atoms with Crippen LogP contribution in [0.3, 0.4) is 0 Å². The number of nitrogens with two attached hydrogens (primary N) is 2. The molecule has 32 heavy (non-hydrogen) atoms. The number of hydrogen-bond acceptors (Lipinski definition) is 5. The van der Waals surface area contributed by atoms with Crippen LogP contribution in [0.25, 0.3) is 11.1 Å². The molecule has 1 aliphatic carbocycles. The van der Waals surface area contributed by atoms with Gasteiger partial charge in [0, 0.05) is 17.4 Å². The van der Waals surface area contributed by atoms with Crippen molar-refractivity contribution < 1.29 is 9.53 Å². The van der Waals surface area contributed by atoms with E-state index in [0.29, 0.717) is 17.9 Å². The number of rotatable bonds is 6. The molecule has 1 heterocycles. The number of pyridine rings is 1. The standard InChI is InChI=1S/C26H30N4O2/c1-16-9-10-18(11-17(16)2)15-32-24-8-4-7-23(24)30-26(31)22-13-20(14-29-25(22)28)19-5-3-6-21(27)12-19/h3,5-6,9-14,23-24H,4,7-8,15,27H2,1-2H3,(H2,28,29)(H,30,31)/t23-,24-/m0/s1. The van der Waals surface area contributed by atoms with E-state index in [-0.39, 0.29) is 23.9 Å². The summed E-state index contributed by atoms with van der Waals surface area (Å²) < 4.78 is 6.19. The lowest BCUT2D eigenvalue weighted by Gasteiger charge is -2.22. The van der Waals surface area contributed by atoms with Gasteiger partial charge in [-0.1, -0.05) is 30.3 Å². The summed E-state index contributed by atoms with van der Waals surface area (Å²) in [4.78, 5) is 17.3. The molecule has 0 radical (unpaired) electrons. The number of amides is 1. The van der Waals surface area contributed by atoms with Crippen LogP contribution < -0.4 is 16.8 Å². The number of hydrogen-bond donors (Lipinski definition) is 3. The van der Waals surface area contributed by atoms with Crippen molar-refractivity contribution in [2.45, 2.75) is 51.9 Å². The van der Waals surface area contributed by atoms with Crippen LogP contribution in [0.1, 0.15) is 46.3 Å². The molecule has 6 nitrogen and oxygen atoms in total. The third-order valence-electron chi connectivity index (χ3n) is 6.19. The van der Waals surface area contributed by atoms with E-state index in [2.05, 4.69) is 42.3 Å². The maximum Gasteiger partial charge on any atom is 0.255 e. The fourth-order valence-electron chi connectivity index (χ4n) is 4.17. The van der Waals surface area contributed by atoms with Crippen LogP contribution in [-0.2, 0) is 11.3 Å². The normalized spacial score (nSPS) is 17.9. The second-order valence-electron chi connectivity index (χ2n) is 8.56. The number of aryl methyl sites for hydroxylation is 2. The second kappa shape index (κ2) is 9.40. The van der Waals surface area contributed by atoms with Crippen molar-refractivity contribution in [3.05, 3.63) is 77.0 Å². The first-order chi connectivity index (χ1) is 15.4. The molecule has 0 aliphatic heterocycles. The molecule has 0 saturated heterocycles. The Morgan fingerprint density at radius 3 is 2.69 bits per heavy atom. The van der Waals surface area contributed by atoms with Gasteiger partial charge in [-0.05, 0) is 73.6 Å². The van der Waals surface area contributed by atoms with Crippen molar-refractivity contribution in [1.82, 2.24) is 10.3 Å². The number of carbonyl (C=O) groups excluding carboxylic acids is 1. The van der Waals surface area contributed by atoms with E-state index >= 15 is 0 Å². The highest BCUT2D eigenvalue weighted by Gasteiger charge is 2.30. The number of ether oxygens (including phenoxy) is 1. The molecule has 6 heteroatoms. The van der Waals surface area contributed by atoms with E-state index < -0.39 is 0 Å². The van der Waals surface area contributed by atoms with Crippen LogP contribution in [0, 0.1) is 13.8 Å². The molecule has 1 saturated carbocycles. The number of nitrogen functional groups attached to an aromatic ring is 2. The lowest BCUT2D eigenvalue weighted by Crippen LogP contribution is -2.41. The number of nitrogens with one attached hydrogen (secondary N) is 1. The Kier molecular flexibility index (Phi) is 6.42. The van der Waals surface area contributed by atoms with Crippen LogP contribution in [0.2, 0.25) is 0 Å². The third kappa shape index (κ3) is 4.92. The van der Waals surface area contributed by atoms with Gasteiger partial charge in [-0.15, -0.1) is 0 Å². The van der Waals surface area contributed by atoms with Gasteiger partial charge in [0.15, 0.2) is 0 Å². The molecule has 2 aromatic carbocycles. The van der Waals surface area contributed by atoms with Crippen molar-refractivity contribution in [3.63, 3.8) is 0 Å². The summed E-state index contributed by atoms with van der Waals surface area (Å²) in [5, 5.41) is 3.12. The Morgan fingerprint density at radius 2 is 1.91 bits per heavy atom. The Morgan fingerprint density at radius 1 is 1.06 bits per heavy atom. The van der Waals surface area contributed by atoms with Crippen LogP contribution in [0.15, 0.2) is 54.7 Å². The molecule has 0 spiro atoms. The molecule has 3 aromatic rings. The fourth-order valence-corrected chi connectivity index (χ4v) is 4.17. The summed E-state index contributed by atoms with van der Waals surface area (Å²) in [5.41, 5.74) is 18.3. The minimum atomic E-state index is -0.229. The summed E-state index contributed by atoms with van der Waals surface area (Å²) >= 11 is 0. The molecule has 0 bridgehead atoms. The molecule has 4 rings (SSSR count). The number of carbonyl (C=O) groups is 1. The molecule has 1 aliphatic rings. The Bertz CT molecular complexity index is 1130. The minimum absolute atomic E-state index is 0.0214. The molecular weight excluding hydrogens is 400 g/mol. The van der Waals surface area contributed by atoms with Crippen molar-refractivity contribution in [2.24, 2.45) is 0 Å². The maximum absolute atomic E-state index is 13.1. The third-order valence-corrected chi connectivity index (χ3v) is 6.19. The summed E-state index contributed by atoms with van der Waals surface area (Å²) in [6, 6.07) is 15.6. The van der Waals surface area contributed by atoms with Gasteiger partial charge in [0.2, 0.25) is 0 Å². The van der Waals surface area contributed by atoms with Crippen molar-refractivity contribution in [3.8, 4) is 11.1 Å². The molecule has 1 aromatic heterocycles. The predicted molar refractivity (Wildman–Crippen MR) is 128 cm³/mol. The van der Waals surface area contributed by atoms with Gasteiger partial charge >= 0.3 is 0 Å². The van der Waals surface area contributed by atoms with E-state index in [1.807, 2.05) is 24.3 Å². The largest absolute Gasteiger partial charge is 0.399 e. The minimum Gasteiger partial charge on any atom is -0.399 e. The molecule has 1 fully saturated rings. The first kappa shape index (κ1) is 21.8. The monoisotopic (exact) mass is 430 g/mol. The van der Waals surface area contributed by atoms with Gasteiger partial charge in [0.05, 0.1) is 24.3 Å². The fraction of sp³-hybridized carbons (Fsp3) is 0.308. The van der Waals surface area contributed by atoms with Crippen molar-refractivity contribution in [2.75, 3.05) is 11.5 Å². The van der Waals surface area contributed by atoms with Gasteiger partial charge in [-0.2, -0.15) is 0 Å². The molecule has 166 valence electrons. The molecule has 0 unspecified atom stereocenters. The summed E-state index contributed by atoms with van der Waals surface area (Å²) in [6.07, 6.45) is 4.45. The topological polar surface area (TPSA) is 103 Å². The van der Waals surface area contributed by atoms with Gasteiger partial charge in [-0.3, -0.25) is 4.79 Å². The van der Waals surface area contributed by atoms with Gasteiger partial charge < -0.3 is 21.5 Å². The average Bonchev–Trinajstić information content (AvgIpc) is 3.21. The van der Waals surface area contributed by atoms with Crippen LogP contribution in [-0.4, -0.2) is 23.0 Å². The summed E-state index contributed by atoms with van der Waals surface area (Å²) in [7, 11) is 0. The first-order valence-corrected chi connectivity index (χ1v) is 11.0. The molecule has 1 amide bonds. The maximum atomic E-state index is 13.1. The highest BCUT2D eigenvalue weighted by molar-refractivity contribution is 5.99. The smallest absolute Gasteiger partial charge is 0.255 e. The van der Waals surface area contributed by atoms with Crippen molar-refractivity contribution in [1.29, 1.82) is 0 Å². The highest BCUT2D eigenvalue weighted by atomic mass is 16.5. The van der Waals surface area contributed by atoms with E-state index in [1.165, 1.54) is 11.1 Å². The van der Waals surface area contributed by atoms with E-state index in [0.717, 1.165) is 36.0 Å². The average molecular weight is 431 g/mol. The van der Waals surface area contributed by atoms with E-state index in [9.17, 15) is 4.79 Å². The van der Waals surface area contributed by atoms with E-state index in [1.54, 1.807) is 12.3 Å². The molecule has 5 N–H and O–H groups in total. The van der Waals surface area contributed by atoms with Gasteiger partial charge in [-0.25, -0.2) is 4.98 Å². The van der Waals surface area contributed by atoms with Crippen LogP contribution in [0.4, 0.5) is 11.5 Å². The first-order valence-electron chi connectivity index (χ1n) is 11.0. The Labute approximate surface area is 189 Å². The number of anilines is 2. The van der Waals surface area contributed by atoms with Crippen LogP contribution in [0.5, 0.6) is 0 Å². The quantitative estimate of drug-likeness (QED) is 0.503. The lowest BCUT2D eigenvalue weighted by molar-refractivity contribution is 0.0272. The summed E-state index contributed by atoms with van der Waals surface area (Å²) in [5.74, 6) is -0.0202. The lowest BCUT2D eigenvalue weighted by atomic mass is 10.0. The summed E-state index contributed by atoms with van der Waals surface area (Å²) in [6.45, 7) is 4.74. The number of aromatic nitrogens is 1. The van der Waals surface area contributed by atoms with Crippen molar-refractivity contribution >= 4 is 17.4 Å². The zero-order valence-corrected chi connectivity index (χ0v) is 18.6. The zero-order valence-electron chi connectivity index (χ0n) is 18.6. The van der Waals surface area contributed by atoms with Crippen LogP contribution >= 0.6 is 0 Å². The SMILES string of the molecule is Cc1ccc(CO[C@H]2CCC[C@@H]2NC(=O)c2cc(-c3cccc(N)c3)cnc2N)cc1C. The predicted octanol–water partition coefficient (Wildman–Crippen LogP) is 4.40. The van der Waals surface area contributed by atoms with Gasteiger partial charge in [0.1, 0.15) is 5.82 Å². The Balaban J connectivity index is 1.44. The zero-order chi connectivity index (χ0) is 22.7. The van der Waals surface area contributed by atoms with Gasteiger partial charge in [0.25, 0.3) is 5.91 Å². The molecular formula is C26H30N4O2. The second-order valence-corrected chi connectivity index (χ2v) is 8.56. The Hall–Kier alpha value is -3.38. The molecule has 2 atom stereocenters. The number of nitrogens with zero attached hydrogens (tertiary/aromatic N) is 1. The highest BCUT2D eigenvalue weighted by Crippen LogP contribution is 2.26. The van der Waals surface area contributed by atoms with E-state index in [4.69, 9.17) is 16.2 Å².